The Labute approximate surface area is 145 Å². The highest BCUT2D eigenvalue weighted by Crippen LogP contribution is 2.13. The predicted octanol–water partition coefficient (Wildman–Crippen LogP) is 2.90. The molecule has 0 radical (unpaired) electrons. The first-order chi connectivity index (χ1) is 10.6. The van der Waals surface area contributed by atoms with Crippen LogP contribution in [0, 0.1) is 0 Å². The standard InChI is InChI=1S/C16H23BrN2O4/c1-16(2,3)23-15(21)18-13(14(20)19(4)22-5)10-11-6-8-12(17)9-7-11/h6-9,13H,10H2,1-5H3,(H,18,21)/t13-/m0/s1. The number of carbonyl (C=O) groups is 2. The fraction of sp³-hybridized carbons (Fsp3) is 0.500. The number of hydrogen-bond donors (Lipinski definition) is 1. The van der Waals surface area contributed by atoms with Gasteiger partial charge in [0.2, 0.25) is 0 Å². The fourth-order valence-corrected chi connectivity index (χ4v) is 2.08. The van der Waals surface area contributed by atoms with Crippen LogP contribution in [-0.2, 0) is 20.8 Å². The van der Waals surface area contributed by atoms with Gasteiger partial charge in [-0.25, -0.2) is 9.86 Å². The van der Waals surface area contributed by atoms with Crippen molar-refractivity contribution in [3.63, 3.8) is 0 Å². The summed E-state index contributed by atoms with van der Waals surface area (Å²) in [6, 6.07) is 6.74. The van der Waals surface area contributed by atoms with Crippen molar-refractivity contribution < 1.29 is 19.2 Å². The molecular formula is C16H23BrN2O4. The van der Waals surface area contributed by atoms with Gasteiger partial charge in [-0.1, -0.05) is 28.1 Å². The molecule has 1 aromatic carbocycles. The van der Waals surface area contributed by atoms with Crippen LogP contribution in [0.4, 0.5) is 4.79 Å². The molecule has 1 atom stereocenters. The van der Waals surface area contributed by atoms with E-state index < -0.39 is 17.7 Å². The van der Waals surface area contributed by atoms with Crippen LogP contribution in [0.5, 0.6) is 0 Å². The van der Waals surface area contributed by atoms with E-state index in [2.05, 4.69) is 21.2 Å². The number of benzene rings is 1. The summed E-state index contributed by atoms with van der Waals surface area (Å²) in [5, 5.41) is 3.69. The second-order valence-electron chi connectivity index (χ2n) is 6.05. The quantitative estimate of drug-likeness (QED) is 0.789. The number of nitrogens with one attached hydrogen (secondary N) is 1. The summed E-state index contributed by atoms with van der Waals surface area (Å²) in [5.74, 6) is -0.360. The zero-order valence-corrected chi connectivity index (χ0v) is 15.6. The first-order valence-corrected chi connectivity index (χ1v) is 7.97. The number of halogens is 1. The number of nitrogens with zero attached hydrogens (tertiary/aromatic N) is 1. The molecule has 1 N–H and O–H groups in total. The number of hydrogen-bond acceptors (Lipinski definition) is 4. The van der Waals surface area contributed by atoms with Crippen molar-refractivity contribution in [1.29, 1.82) is 0 Å². The van der Waals surface area contributed by atoms with Gasteiger partial charge in [-0.3, -0.25) is 9.63 Å². The smallest absolute Gasteiger partial charge is 0.408 e. The molecule has 0 aliphatic heterocycles. The Hall–Kier alpha value is -1.60. The number of hydroxylamine groups is 2. The third-order valence-electron chi connectivity index (χ3n) is 2.93. The number of amides is 2. The van der Waals surface area contributed by atoms with Crippen molar-refractivity contribution in [2.45, 2.75) is 38.8 Å². The number of carbonyl (C=O) groups excluding carboxylic acids is 2. The molecule has 7 heteroatoms. The maximum atomic E-state index is 12.4. The molecule has 23 heavy (non-hydrogen) atoms. The van der Waals surface area contributed by atoms with Gasteiger partial charge >= 0.3 is 6.09 Å². The summed E-state index contributed by atoms with van der Waals surface area (Å²) >= 11 is 3.36. The molecule has 1 rings (SSSR count). The average Bonchev–Trinajstić information content (AvgIpc) is 2.45. The zero-order chi connectivity index (χ0) is 17.6. The first-order valence-electron chi connectivity index (χ1n) is 7.18. The molecular weight excluding hydrogens is 364 g/mol. The van der Waals surface area contributed by atoms with E-state index in [1.54, 1.807) is 20.8 Å². The zero-order valence-electron chi connectivity index (χ0n) is 14.1. The minimum Gasteiger partial charge on any atom is -0.444 e. The van der Waals surface area contributed by atoms with E-state index in [0.29, 0.717) is 6.42 Å². The van der Waals surface area contributed by atoms with Crippen molar-refractivity contribution in [2.75, 3.05) is 14.2 Å². The third kappa shape index (κ3) is 7.00. The van der Waals surface area contributed by atoms with E-state index in [4.69, 9.17) is 9.57 Å². The van der Waals surface area contributed by atoms with E-state index in [1.165, 1.54) is 14.2 Å². The Morgan fingerprint density at radius 1 is 1.26 bits per heavy atom. The van der Waals surface area contributed by atoms with Crippen LogP contribution in [0.3, 0.4) is 0 Å². The fourth-order valence-electron chi connectivity index (χ4n) is 1.82. The van der Waals surface area contributed by atoms with Gasteiger partial charge in [0.1, 0.15) is 11.6 Å². The minimum atomic E-state index is -0.782. The van der Waals surface area contributed by atoms with Gasteiger partial charge < -0.3 is 10.1 Å². The van der Waals surface area contributed by atoms with Crippen molar-refractivity contribution >= 4 is 27.9 Å². The molecule has 1 aromatic rings. The van der Waals surface area contributed by atoms with Crippen LogP contribution in [-0.4, -0.2) is 42.9 Å². The van der Waals surface area contributed by atoms with Gasteiger partial charge in [-0.2, -0.15) is 0 Å². The Morgan fingerprint density at radius 2 is 1.83 bits per heavy atom. The van der Waals surface area contributed by atoms with Crippen molar-refractivity contribution in [2.24, 2.45) is 0 Å². The van der Waals surface area contributed by atoms with Crippen LogP contribution in [0.15, 0.2) is 28.7 Å². The maximum Gasteiger partial charge on any atom is 0.408 e. The van der Waals surface area contributed by atoms with E-state index in [0.717, 1.165) is 15.1 Å². The number of likely N-dealkylation sites (N-methyl/N-ethyl adjacent to an activating group) is 1. The summed E-state index contributed by atoms with van der Waals surface area (Å²) in [4.78, 5) is 29.3. The SMILES string of the molecule is CON(C)C(=O)[C@H](Cc1ccc(Br)cc1)NC(=O)OC(C)(C)C. The molecule has 0 bridgehead atoms. The molecule has 0 unspecified atom stereocenters. The molecule has 0 heterocycles. The largest absolute Gasteiger partial charge is 0.444 e. The highest BCUT2D eigenvalue weighted by molar-refractivity contribution is 9.10. The summed E-state index contributed by atoms with van der Waals surface area (Å²) in [7, 11) is 2.88. The number of ether oxygens (including phenoxy) is 1. The number of alkyl carbamates (subject to hydrolysis) is 1. The predicted molar refractivity (Wildman–Crippen MR) is 90.8 cm³/mol. The molecule has 0 saturated carbocycles. The second-order valence-corrected chi connectivity index (χ2v) is 6.96. The highest BCUT2D eigenvalue weighted by atomic mass is 79.9. The molecule has 0 fully saturated rings. The lowest BCUT2D eigenvalue weighted by Gasteiger charge is -2.25. The normalized spacial score (nSPS) is 12.4. The lowest BCUT2D eigenvalue weighted by atomic mass is 10.1. The third-order valence-corrected chi connectivity index (χ3v) is 3.46. The van der Waals surface area contributed by atoms with E-state index in [1.807, 2.05) is 24.3 Å². The van der Waals surface area contributed by atoms with Crippen LogP contribution in [0.25, 0.3) is 0 Å². The number of rotatable bonds is 5. The minimum absolute atomic E-state index is 0.332. The van der Waals surface area contributed by atoms with Gasteiger partial charge in [0.25, 0.3) is 5.91 Å². The van der Waals surface area contributed by atoms with Crippen molar-refractivity contribution in [3.05, 3.63) is 34.3 Å². The van der Waals surface area contributed by atoms with Gasteiger partial charge in [-0.15, -0.1) is 0 Å². The summed E-state index contributed by atoms with van der Waals surface area (Å²) in [6.45, 7) is 5.29. The van der Waals surface area contributed by atoms with E-state index in [-0.39, 0.29) is 5.91 Å². The Morgan fingerprint density at radius 3 is 2.30 bits per heavy atom. The topological polar surface area (TPSA) is 67.9 Å². The average molecular weight is 387 g/mol. The summed E-state index contributed by atoms with van der Waals surface area (Å²) < 4.78 is 6.16. The lowest BCUT2D eigenvalue weighted by molar-refractivity contribution is -0.171. The molecule has 128 valence electrons. The summed E-state index contributed by atoms with van der Waals surface area (Å²) in [6.07, 6.45) is -0.309. The van der Waals surface area contributed by atoms with Crippen LogP contribution < -0.4 is 5.32 Å². The van der Waals surface area contributed by atoms with E-state index in [9.17, 15) is 9.59 Å². The van der Waals surface area contributed by atoms with Gasteiger partial charge in [0.05, 0.1) is 7.11 Å². The maximum absolute atomic E-state index is 12.4. The van der Waals surface area contributed by atoms with Gasteiger partial charge in [0.15, 0.2) is 0 Å². The lowest BCUT2D eigenvalue weighted by Crippen LogP contribution is -2.49. The monoisotopic (exact) mass is 386 g/mol. The van der Waals surface area contributed by atoms with E-state index >= 15 is 0 Å². The summed E-state index contributed by atoms with van der Waals surface area (Å²) in [5.41, 5.74) is 0.273. The Bertz CT molecular complexity index is 540. The molecule has 0 aromatic heterocycles. The highest BCUT2D eigenvalue weighted by Gasteiger charge is 2.27. The molecule has 0 aliphatic rings. The first kappa shape index (κ1) is 19.4. The molecule has 6 nitrogen and oxygen atoms in total. The van der Waals surface area contributed by atoms with Crippen LogP contribution >= 0.6 is 15.9 Å². The molecule has 0 saturated heterocycles. The molecule has 2 amide bonds. The van der Waals surface area contributed by atoms with Crippen molar-refractivity contribution in [3.8, 4) is 0 Å². The van der Waals surface area contributed by atoms with Crippen molar-refractivity contribution in [1.82, 2.24) is 10.4 Å². The van der Waals surface area contributed by atoms with Crippen LogP contribution in [0.1, 0.15) is 26.3 Å². The molecule has 0 aliphatic carbocycles. The van der Waals surface area contributed by atoms with Gasteiger partial charge in [-0.05, 0) is 38.5 Å². The molecule has 0 spiro atoms. The Balaban J connectivity index is 2.86. The van der Waals surface area contributed by atoms with Crippen LogP contribution in [0.2, 0.25) is 0 Å². The Kier molecular flexibility index (Phi) is 7.02. The second kappa shape index (κ2) is 8.31. The van der Waals surface area contributed by atoms with Gasteiger partial charge in [0, 0.05) is 17.9 Å².